The van der Waals surface area contributed by atoms with E-state index >= 15 is 0 Å². The Morgan fingerprint density at radius 3 is 2.61 bits per heavy atom. The van der Waals surface area contributed by atoms with Gasteiger partial charge in [-0.1, -0.05) is 18.2 Å². The summed E-state index contributed by atoms with van der Waals surface area (Å²) in [7, 11) is 0. The molecule has 154 valence electrons. The highest BCUT2D eigenvalue weighted by atomic mass is 19.4. The van der Waals surface area contributed by atoms with Crippen molar-refractivity contribution in [2.75, 3.05) is 13.1 Å². The molecule has 28 heavy (non-hydrogen) atoms. The summed E-state index contributed by atoms with van der Waals surface area (Å²) >= 11 is 0. The van der Waals surface area contributed by atoms with Crippen LogP contribution in [0.15, 0.2) is 36.9 Å². The molecule has 0 aliphatic carbocycles. The quantitative estimate of drug-likeness (QED) is 0.570. The molecule has 1 aliphatic rings. The molecule has 0 saturated carbocycles. The number of nitrogens with zero attached hydrogens (tertiary/aromatic N) is 1. The number of hydrogen-bond acceptors (Lipinski definition) is 4. The van der Waals surface area contributed by atoms with Crippen molar-refractivity contribution >= 4 is 11.8 Å². The molecule has 0 aromatic heterocycles. The maximum atomic E-state index is 13.2. The van der Waals surface area contributed by atoms with Crippen LogP contribution < -0.4 is 15.5 Å². The van der Waals surface area contributed by atoms with Crippen molar-refractivity contribution in [2.24, 2.45) is 0 Å². The number of carbonyl (C=O) groups is 2. The smallest absolute Gasteiger partial charge is 0.406 e. The third-order valence-electron chi connectivity index (χ3n) is 4.18. The van der Waals surface area contributed by atoms with E-state index in [1.165, 1.54) is 17.1 Å². The average molecular weight is 399 g/mol. The van der Waals surface area contributed by atoms with E-state index in [-0.39, 0.29) is 18.5 Å². The fraction of sp³-hybridized carbons (Fsp3) is 0.474. The normalized spacial score (nSPS) is 20.2. The minimum Gasteiger partial charge on any atom is -0.406 e. The van der Waals surface area contributed by atoms with Crippen LogP contribution in [0.25, 0.3) is 0 Å². The molecule has 1 atom stereocenters. The van der Waals surface area contributed by atoms with E-state index in [0.717, 1.165) is 12.1 Å². The van der Waals surface area contributed by atoms with E-state index in [1.807, 2.05) is 0 Å². The third-order valence-corrected chi connectivity index (χ3v) is 4.18. The van der Waals surface area contributed by atoms with Gasteiger partial charge in [0.25, 0.3) is 5.91 Å². The summed E-state index contributed by atoms with van der Waals surface area (Å²) in [5, 5.41) is 4.07. The van der Waals surface area contributed by atoms with Gasteiger partial charge in [0.2, 0.25) is 5.91 Å². The highest BCUT2D eigenvalue weighted by molar-refractivity contribution is 6.12. The van der Waals surface area contributed by atoms with E-state index in [0.29, 0.717) is 6.54 Å². The van der Waals surface area contributed by atoms with Crippen LogP contribution in [-0.2, 0) is 15.0 Å². The van der Waals surface area contributed by atoms with Crippen molar-refractivity contribution in [1.29, 1.82) is 0 Å². The Hall–Kier alpha value is -2.55. The molecule has 0 bridgehead atoms. The van der Waals surface area contributed by atoms with Gasteiger partial charge in [0.15, 0.2) is 5.41 Å². The standard InChI is InChI=1S/C19H24F3N3O3/c1-5-10-23-25-11-9-18(16(25)27,15(26)24-17(2,3)4)13-7-6-8-14(12-13)28-19(20,21)22/h5-8,12,23H,1,9-11H2,2-4H3,(H,24,26). The zero-order valence-electron chi connectivity index (χ0n) is 16.0. The first kappa shape index (κ1) is 21.7. The van der Waals surface area contributed by atoms with Crippen LogP contribution >= 0.6 is 0 Å². The summed E-state index contributed by atoms with van der Waals surface area (Å²) in [4.78, 5) is 26.3. The molecule has 0 spiro atoms. The van der Waals surface area contributed by atoms with Gasteiger partial charge in [-0.3, -0.25) is 14.6 Å². The molecular weight excluding hydrogens is 375 g/mol. The van der Waals surface area contributed by atoms with Crippen molar-refractivity contribution in [1.82, 2.24) is 15.8 Å². The molecule has 9 heteroatoms. The second-order valence-corrected chi connectivity index (χ2v) is 7.54. The predicted octanol–water partition coefficient (Wildman–Crippen LogP) is 2.66. The van der Waals surface area contributed by atoms with Crippen LogP contribution in [0.5, 0.6) is 5.75 Å². The second-order valence-electron chi connectivity index (χ2n) is 7.54. The Balaban J connectivity index is 2.48. The highest BCUT2D eigenvalue weighted by Crippen LogP contribution is 2.38. The monoisotopic (exact) mass is 399 g/mol. The summed E-state index contributed by atoms with van der Waals surface area (Å²) in [5.41, 5.74) is 0.700. The Morgan fingerprint density at radius 1 is 1.36 bits per heavy atom. The molecule has 1 unspecified atom stereocenters. The number of nitrogens with one attached hydrogen (secondary N) is 2. The first-order valence-corrected chi connectivity index (χ1v) is 8.74. The van der Waals surface area contributed by atoms with Crippen LogP contribution in [0, 0.1) is 0 Å². The summed E-state index contributed by atoms with van der Waals surface area (Å²) in [6.45, 7) is 9.37. The number of carbonyl (C=O) groups excluding carboxylic acids is 2. The molecule has 1 saturated heterocycles. The lowest BCUT2D eigenvalue weighted by molar-refractivity contribution is -0.274. The summed E-state index contributed by atoms with van der Waals surface area (Å²) in [6, 6.07) is 5.00. The number of hydrogen-bond donors (Lipinski definition) is 2. The van der Waals surface area contributed by atoms with Crippen molar-refractivity contribution in [3.63, 3.8) is 0 Å². The van der Waals surface area contributed by atoms with E-state index in [4.69, 9.17) is 0 Å². The van der Waals surface area contributed by atoms with Gasteiger partial charge in [-0.05, 0) is 44.9 Å². The molecule has 1 aromatic carbocycles. The first-order chi connectivity index (χ1) is 12.9. The molecule has 2 amide bonds. The molecule has 6 nitrogen and oxygen atoms in total. The van der Waals surface area contributed by atoms with Crippen LogP contribution in [0.3, 0.4) is 0 Å². The SMILES string of the molecule is C=CCNN1CCC(C(=O)NC(C)(C)C)(c2cccc(OC(F)(F)F)c2)C1=O. The number of hydrazine groups is 1. The minimum absolute atomic E-state index is 0.105. The van der Waals surface area contributed by atoms with Crippen molar-refractivity contribution in [3.05, 3.63) is 42.5 Å². The molecule has 0 radical (unpaired) electrons. The van der Waals surface area contributed by atoms with E-state index in [1.54, 1.807) is 26.8 Å². The highest BCUT2D eigenvalue weighted by Gasteiger charge is 2.54. The van der Waals surface area contributed by atoms with Gasteiger partial charge in [0, 0.05) is 18.6 Å². The Bertz CT molecular complexity index is 759. The van der Waals surface area contributed by atoms with Gasteiger partial charge in [-0.25, -0.2) is 5.43 Å². The number of amides is 2. The van der Waals surface area contributed by atoms with Gasteiger partial charge < -0.3 is 10.1 Å². The maximum Gasteiger partial charge on any atom is 0.573 e. The molecule has 1 aliphatic heterocycles. The molecule has 1 aromatic rings. The lowest BCUT2D eigenvalue weighted by atomic mass is 9.77. The van der Waals surface area contributed by atoms with Crippen LogP contribution in [0.1, 0.15) is 32.8 Å². The lowest BCUT2D eigenvalue weighted by Gasteiger charge is -2.31. The maximum absolute atomic E-state index is 13.2. The van der Waals surface area contributed by atoms with Gasteiger partial charge in [-0.15, -0.1) is 19.8 Å². The molecule has 1 fully saturated rings. The average Bonchev–Trinajstić information content (AvgIpc) is 2.87. The summed E-state index contributed by atoms with van der Waals surface area (Å²) in [5.74, 6) is -1.60. The zero-order valence-corrected chi connectivity index (χ0v) is 16.0. The summed E-state index contributed by atoms with van der Waals surface area (Å²) in [6.07, 6.45) is -3.22. The van der Waals surface area contributed by atoms with Crippen molar-refractivity contribution in [3.8, 4) is 5.75 Å². The number of halogens is 3. The van der Waals surface area contributed by atoms with E-state index < -0.39 is 34.9 Å². The predicted molar refractivity (Wildman–Crippen MR) is 97.2 cm³/mol. The minimum atomic E-state index is -4.88. The topological polar surface area (TPSA) is 70.7 Å². The number of alkyl halides is 3. The van der Waals surface area contributed by atoms with Gasteiger partial charge in [0.05, 0.1) is 0 Å². The van der Waals surface area contributed by atoms with Gasteiger partial charge in [0.1, 0.15) is 5.75 Å². The number of ether oxygens (including phenoxy) is 1. The Labute approximate surface area is 161 Å². The van der Waals surface area contributed by atoms with Gasteiger partial charge in [-0.2, -0.15) is 0 Å². The fourth-order valence-corrected chi connectivity index (χ4v) is 3.06. The van der Waals surface area contributed by atoms with Gasteiger partial charge >= 0.3 is 6.36 Å². The third kappa shape index (κ3) is 4.83. The molecule has 2 N–H and O–H groups in total. The number of benzene rings is 1. The van der Waals surface area contributed by atoms with Crippen LogP contribution in [0.4, 0.5) is 13.2 Å². The van der Waals surface area contributed by atoms with Crippen LogP contribution in [0.2, 0.25) is 0 Å². The Kier molecular flexibility index (Phi) is 6.08. The van der Waals surface area contributed by atoms with Crippen molar-refractivity contribution < 1.29 is 27.5 Å². The lowest BCUT2D eigenvalue weighted by Crippen LogP contribution is -2.56. The van der Waals surface area contributed by atoms with Crippen molar-refractivity contribution in [2.45, 2.75) is 44.5 Å². The molecule has 1 heterocycles. The van der Waals surface area contributed by atoms with E-state index in [2.05, 4.69) is 22.1 Å². The van der Waals surface area contributed by atoms with E-state index in [9.17, 15) is 22.8 Å². The largest absolute Gasteiger partial charge is 0.573 e. The van der Waals surface area contributed by atoms with Crippen LogP contribution in [-0.4, -0.2) is 41.8 Å². The Morgan fingerprint density at radius 2 is 2.04 bits per heavy atom. The molecule has 2 rings (SSSR count). The zero-order chi connectivity index (χ0) is 21.2. The number of rotatable bonds is 6. The summed E-state index contributed by atoms with van der Waals surface area (Å²) < 4.78 is 41.8. The first-order valence-electron chi connectivity index (χ1n) is 8.74. The second kappa shape index (κ2) is 7.83. The fourth-order valence-electron chi connectivity index (χ4n) is 3.06. The molecular formula is C19H24F3N3O3.